The summed E-state index contributed by atoms with van der Waals surface area (Å²) in [5, 5.41) is 3.01. The molecule has 3 rings (SSSR count). The fourth-order valence-electron chi connectivity index (χ4n) is 2.60. The van der Waals surface area contributed by atoms with Gasteiger partial charge in [-0.05, 0) is 58.1 Å². The molecule has 1 aliphatic rings. The van der Waals surface area contributed by atoms with Gasteiger partial charge < -0.3 is 5.32 Å². The van der Waals surface area contributed by atoms with E-state index in [1.54, 1.807) is 0 Å². The second-order valence-electron chi connectivity index (χ2n) is 4.97. The van der Waals surface area contributed by atoms with Crippen molar-refractivity contribution in [3.05, 3.63) is 69.4 Å². The Hall–Kier alpha value is -1.68. The van der Waals surface area contributed by atoms with Gasteiger partial charge in [0.05, 0.1) is 5.56 Å². The lowest BCUT2D eigenvalue weighted by Gasteiger charge is -2.13. The van der Waals surface area contributed by atoms with Crippen LogP contribution in [0.3, 0.4) is 0 Å². The molecule has 0 radical (unpaired) electrons. The van der Waals surface area contributed by atoms with Crippen LogP contribution in [-0.4, -0.2) is 11.9 Å². The maximum atomic E-state index is 13.0. The number of hydrogen-bond acceptors (Lipinski definition) is 1. The summed E-state index contributed by atoms with van der Waals surface area (Å²) < 4.78 is 13.5. The van der Waals surface area contributed by atoms with Crippen LogP contribution in [0, 0.1) is 5.82 Å². The lowest BCUT2D eigenvalue weighted by molar-refractivity contribution is 0.0938. The standard InChI is InChI=1S/C16H13BrFNO/c17-15-9-12(18)5-6-14(15)16(20)19-13-7-10-3-1-2-4-11(10)8-13/h1-6,9,13H,7-8H2,(H,19,20). The first-order valence-electron chi connectivity index (χ1n) is 6.46. The number of rotatable bonds is 2. The van der Waals surface area contributed by atoms with Crippen molar-refractivity contribution in [2.45, 2.75) is 18.9 Å². The third-order valence-electron chi connectivity index (χ3n) is 3.56. The van der Waals surface area contributed by atoms with Crippen LogP contribution in [0.1, 0.15) is 21.5 Å². The highest BCUT2D eigenvalue weighted by Gasteiger charge is 2.23. The molecule has 0 heterocycles. The third-order valence-corrected chi connectivity index (χ3v) is 4.22. The van der Waals surface area contributed by atoms with Crippen LogP contribution >= 0.6 is 15.9 Å². The molecule has 1 N–H and O–H groups in total. The van der Waals surface area contributed by atoms with Crippen LogP contribution in [0.25, 0.3) is 0 Å². The Bertz CT molecular complexity index is 646. The second kappa shape index (κ2) is 5.37. The summed E-state index contributed by atoms with van der Waals surface area (Å²) in [6.45, 7) is 0. The molecule has 0 fully saturated rings. The molecule has 2 nitrogen and oxygen atoms in total. The quantitative estimate of drug-likeness (QED) is 0.895. The Labute approximate surface area is 125 Å². The highest BCUT2D eigenvalue weighted by atomic mass is 79.9. The van der Waals surface area contributed by atoms with E-state index < -0.39 is 0 Å². The van der Waals surface area contributed by atoms with Crippen LogP contribution in [0.2, 0.25) is 0 Å². The Morgan fingerprint density at radius 1 is 1.15 bits per heavy atom. The summed E-state index contributed by atoms with van der Waals surface area (Å²) in [4.78, 5) is 12.2. The first-order chi connectivity index (χ1) is 9.63. The molecule has 0 aliphatic heterocycles. The molecule has 2 aromatic rings. The van der Waals surface area contributed by atoms with Crippen LogP contribution in [-0.2, 0) is 12.8 Å². The topological polar surface area (TPSA) is 29.1 Å². The van der Waals surface area contributed by atoms with E-state index in [-0.39, 0.29) is 17.8 Å². The summed E-state index contributed by atoms with van der Waals surface area (Å²) in [5.74, 6) is -0.531. The minimum Gasteiger partial charge on any atom is -0.349 e. The van der Waals surface area contributed by atoms with Gasteiger partial charge in [-0.25, -0.2) is 4.39 Å². The predicted molar refractivity (Wildman–Crippen MR) is 79.2 cm³/mol. The van der Waals surface area contributed by atoms with Crippen LogP contribution in [0.5, 0.6) is 0 Å². The fraction of sp³-hybridized carbons (Fsp3) is 0.188. The van der Waals surface area contributed by atoms with E-state index in [4.69, 9.17) is 0 Å². The molecule has 0 aromatic heterocycles. The van der Waals surface area contributed by atoms with Crippen molar-refractivity contribution >= 4 is 21.8 Å². The number of halogens is 2. The van der Waals surface area contributed by atoms with Crippen molar-refractivity contribution in [2.75, 3.05) is 0 Å². The van der Waals surface area contributed by atoms with Gasteiger partial charge in [0.2, 0.25) is 0 Å². The lowest BCUT2D eigenvalue weighted by Crippen LogP contribution is -2.35. The maximum absolute atomic E-state index is 13.0. The normalized spacial score (nSPS) is 14.1. The smallest absolute Gasteiger partial charge is 0.252 e. The summed E-state index contributed by atoms with van der Waals surface area (Å²) in [7, 11) is 0. The molecule has 1 aliphatic carbocycles. The summed E-state index contributed by atoms with van der Waals surface area (Å²) in [5.41, 5.74) is 3.04. The van der Waals surface area contributed by atoms with Crippen LogP contribution in [0.4, 0.5) is 4.39 Å². The number of amides is 1. The molecule has 4 heteroatoms. The van der Waals surface area contributed by atoms with Gasteiger partial charge in [0.15, 0.2) is 0 Å². The van der Waals surface area contributed by atoms with Crippen molar-refractivity contribution in [3.63, 3.8) is 0 Å². The molecule has 0 saturated carbocycles. The van der Waals surface area contributed by atoms with Crippen LogP contribution < -0.4 is 5.32 Å². The molecule has 20 heavy (non-hydrogen) atoms. The van der Waals surface area contributed by atoms with E-state index in [1.165, 1.54) is 29.3 Å². The van der Waals surface area contributed by atoms with E-state index in [2.05, 4.69) is 33.4 Å². The highest BCUT2D eigenvalue weighted by Crippen LogP contribution is 2.23. The molecule has 102 valence electrons. The Kier molecular flexibility index (Phi) is 3.57. The van der Waals surface area contributed by atoms with Crippen molar-refractivity contribution in [1.82, 2.24) is 5.32 Å². The van der Waals surface area contributed by atoms with Gasteiger partial charge >= 0.3 is 0 Å². The molecule has 0 spiro atoms. The summed E-state index contributed by atoms with van der Waals surface area (Å²) in [6.07, 6.45) is 1.70. The van der Waals surface area contributed by atoms with Crippen LogP contribution in [0.15, 0.2) is 46.9 Å². The van der Waals surface area contributed by atoms with E-state index >= 15 is 0 Å². The summed E-state index contributed by atoms with van der Waals surface area (Å²) in [6, 6.07) is 12.4. The van der Waals surface area contributed by atoms with Crippen molar-refractivity contribution in [3.8, 4) is 0 Å². The van der Waals surface area contributed by atoms with Gasteiger partial charge in [-0.1, -0.05) is 24.3 Å². The zero-order valence-corrected chi connectivity index (χ0v) is 12.3. The first-order valence-corrected chi connectivity index (χ1v) is 7.25. The average molecular weight is 334 g/mol. The van der Waals surface area contributed by atoms with E-state index in [1.807, 2.05) is 12.1 Å². The van der Waals surface area contributed by atoms with Gasteiger partial charge in [-0.3, -0.25) is 4.79 Å². The van der Waals surface area contributed by atoms with E-state index in [0.29, 0.717) is 10.0 Å². The number of fused-ring (bicyclic) bond motifs is 1. The lowest BCUT2D eigenvalue weighted by atomic mass is 10.1. The number of nitrogens with one attached hydrogen (secondary N) is 1. The van der Waals surface area contributed by atoms with E-state index in [9.17, 15) is 9.18 Å². The SMILES string of the molecule is O=C(NC1Cc2ccccc2C1)c1ccc(F)cc1Br. The van der Waals surface area contributed by atoms with Crippen molar-refractivity contribution in [1.29, 1.82) is 0 Å². The summed E-state index contributed by atoms with van der Waals surface area (Å²) >= 11 is 3.22. The molecule has 0 bridgehead atoms. The van der Waals surface area contributed by atoms with Gasteiger partial charge in [-0.2, -0.15) is 0 Å². The third kappa shape index (κ3) is 2.61. The fourth-order valence-corrected chi connectivity index (χ4v) is 3.13. The zero-order chi connectivity index (χ0) is 14.1. The highest BCUT2D eigenvalue weighted by molar-refractivity contribution is 9.10. The second-order valence-corrected chi connectivity index (χ2v) is 5.83. The minimum atomic E-state index is -0.360. The minimum absolute atomic E-state index is 0.108. The molecular weight excluding hydrogens is 321 g/mol. The molecule has 0 unspecified atom stereocenters. The van der Waals surface area contributed by atoms with Crippen molar-refractivity contribution in [2.24, 2.45) is 0 Å². The first kappa shape index (κ1) is 13.3. The van der Waals surface area contributed by atoms with Gasteiger partial charge in [0, 0.05) is 10.5 Å². The number of carbonyl (C=O) groups excluding carboxylic acids is 1. The van der Waals surface area contributed by atoms with Gasteiger partial charge in [0.1, 0.15) is 5.82 Å². The molecule has 0 saturated heterocycles. The largest absolute Gasteiger partial charge is 0.349 e. The zero-order valence-electron chi connectivity index (χ0n) is 10.7. The Morgan fingerprint density at radius 3 is 2.40 bits per heavy atom. The molecule has 1 amide bonds. The Balaban J connectivity index is 1.72. The molecule has 2 aromatic carbocycles. The predicted octanol–water partition coefficient (Wildman–Crippen LogP) is 3.49. The maximum Gasteiger partial charge on any atom is 0.252 e. The number of benzene rings is 2. The average Bonchev–Trinajstić information content (AvgIpc) is 2.80. The number of hydrogen-bond donors (Lipinski definition) is 1. The monoisotopic (exact) mass is 333 g/mol. The molecule has 0 atom stereocenters. The molecular formula is C16H13BrFNO. The van der Waals surface area contributed by atoms with Crippen molar-refractivity contribution < 1.29 is 9.18 Å². The van der Waals surface area contributed by atoms with Gasteiger partial charge in [0.25, 0.3) is 5.91 Å². The van der Waals surface area contributed by atoms with Gasteiger partial charge in [-0.15, -0.1) is 0 Å². The Morgan fingerprint density at radius 2 is 1.80 bits per heavy atom. The van der Waals surface area contributed by atoms with E-state index in [0.717, 1.165) is 12.8 Å². The number of carbonyl (C=O) groups is 1.